The van der Waals surface area contributed by atoms with Gasteiger partial charge in [-0.1, -0.05) is 18.7 Å². The van der Waals surface area contributed by atoms with Crippen LogP contribution in [0.15, 0.2) is 24.3 Å². The standard InChI is InChI=1S/C12H13F3O3/c1-7-8(9(16)17-6-12(13,14)15)11(3)5-4-10(7,2)18-11/h4-5,8H,1,6H2,2-3H3/t8-,10-,11+/m0/s1. The number of halogens is 3. The molecular formula is C12H13F3O3. The van der Waals surface area contributed by atoms with Crippen molar-refractivity contribution in [2.75, 3.05) is 6.61 Å². The molecule has 0 spiro atoms. The molecule has 2 rings (SSSR count). The summed E-state index contributed by atoms with van der Waals surface area (Å²) in [5, 5.41) is 0. The largest absolute Gasteiger partial charge is 0.455 e. The van der Waals surface area contributed by atoms with Gasteiger partial charge in [-0.2, -0.15) is 13.2 Å². The molecule has 0 aromatic carbocycles. The van der Waals surface area contributed by atoms with Gasteiger partial charge in [-0.25, -0.2) is 0 Å². The summed E-state index contributed by atoms with van der Waals surface area (Å²) in [6, 6.07) is 0. The molecule has 0 aromatic heterocycles. The minimum absolute atomic E-state index is 0.430. The van der Waals surface area contributed by atoms with Crippen LogP contribution in [0.3, 0.4) is 0 Å². The molecule has 18 heavy (non-hydrogen) atoms. The normalized spacial score (nSPS) is 38.3. The van der Waals surface area contributed by atoms with Crippen LogP contribution in [-0.4, -0.2) is 30.0 Å². The van der Waals surface area contributed by atoms with E-state index in [1.807, 2.05) is 0 Å². The predicted molar refractivity (Wildman–Crippen MR) is 56.7 cm³/mol. The summed E-state index contributed by atoms with van der Waals surface area (Å²) in [6.07, 6.45) is -1.11. The summed E-state index contributed by atoms with van der Waals surface area (Å²) in [6.45, 7) is 5.50. The van der Waals surface area contributed by atoms with Crippen molar-refractivity contribution in [1.29, 1.82) is 0 Å². The number of ether oxygens (including phenoxy) is 2. The molecule has 3 nitrogen and oxygen atoms in total. The fourth-order valence-electron chi connectivity index (χ4n) is 2.42. The third kappa shape index (κ3) is 1.94. The second-order valence-corrected chi connectivity index (χ2v) is 4.91. The molecule has 2 aliphatic heterocycles. The Balaban J connectivity index is 2.13. The first-order chi connectivity index (χ1) is 8.07. The predicted octanol–water partition coefficient (Wildman–Crippen LogP) is 2.38. The molecule has 6 heteroatoms. The lowest BCUT2D eigenvalue weighted by molar-refractivity contribution is -0.190. The molecule has 2 aliphatic rings. The molecule has 0 aromatic rings. The van der Waals surface area contributed by atoms with Crippen molar-refractivity contribution in [2.45, 2.75) is 31.2 Å². The zero-order valence-electron chi connectivity index (χ0n) is 10.0. The lowest BCUT2D eigenvalue weighted by Crippen LogP contribution is -2.37. The van der Waals surface area contributed by atoms with Crippen LogP contribution in [-0.2, 0) is 14.3 Å². The summed E-state index contributed by atoms with van der Waals surface area (Å²) >= 11 is 0. The van der Waals surface area contributed by atoms with Crippen molar-refractivity contribution in [2.24, 2.45) is 5.92 Å². The minimum atomic E-state index is -4.53. The second kappa shape index (κ2) is 3.60. The van der Waals surface area contributed by atoms with Crippen molar-refractivity contribution < 1.29 is 27.4 Å². The topological polar surface area (TPSA) is 35.5 Å². The number of hydrogen-bond donors (Lipinski definition) is 0. The van der Waals surface area contributed by atoms with Crippen molar-refractivity contribution in [3.8, 4) is 0 Å². The number of fused-ring (bicyclic) bond motifs is 2. The SMILES string of the molecule is C=C1[C@@H](C(=O)OCC(F)(F)F)[C@@]2(C)C=C[C@]1(C)O2. The van der Waals surface area contributed by atoms with E-state index in [1.165, 1.54) is 0 Å². The summed E-state index contributed by atoms with van der Waals surface area (Å²) in [5.74, 6) is -1.84. The van der Waals surface area contributed by atoms with E-state index in [2.05, 4.69) is 11.3 Å². The lowest BCUT2D eigenvalue weighted by atomic mass is 9.77. The van der Waals surface area contributed by atoms with Crippen LogP contribution in [0.25, 0.3) is 0 Å². The molecule has 0 aliphatic carbocycles. The van der Waals surface area contributed by atoms with Gasteiger partial charge < -0.3 is 9.47 Å². The lowest BCUT2D eigenvalue weighted by Gasteiger charge is -2.25. The van der Waals surface area contributed by atoms with E-state index in [1.54, 1.807) is 26.0 Å². The van der Waals surface area contributed by atoms with Crippen LogP contribution in [0.5, 0.6) is 0 Å². The number of carbonyl (C=O) groups is 1. The van der Waals surface area contributed by atoms with Gasteiger partial charge in [0.1, 0.15) is 17.1 Å². The maximum atomic E-state index is 12.0. The van der Waals surface area contributed by atoms with E-state index in [0.717, 1.165) is 0 Å². The molecular weight excluding hydrogens is 249 g/mol. The highest BCUT2D eigenvalue weighted by molar-refractivity contribution is 5.80. The highest BCUT2D eigenvalue weighted by Gasteiger charge is 2.59. The van der Waals surface area contributed by atoms with Gasteiger partial charge in [-0.15, -0.1) is 0 Å². The van der Waals surface area contributed by atoms with Crippen LogP contribution >= 0.6 is 0 Å². The van der Waals surface area contributed by atoms with Crippen molar-refractivity contribution in [3.05, 3.63) is 24.3 Å². The van der Waals surface area contributed by atoms with Crippen molar-refractivity contribution in [1.82, 2.24) is 0 Å². The maximum absolute atomic E-state index is 12.0. The smallest absolute Gasteiger partial charge is 0.422 e. The minimum Gasteiger partial charge on any atom is -0.455 e. The van der Waals surface area contributed by atoms with E-state index >= 15 is 0 Å². The molecule has 2 bridgehead atoms. The maximum Gasteiger partial charge on any atom is 0.422 e. The molecule has 0 unspecified atom stereocenters. The molecule has 2 heterocycles. The Morgan fingerprint density at radius 3 is 2.56 bits per heavy atom. The van der Waals surface area contributed by atoms with E-state index in [-0.39, 0.29) is 0 Å². The average molecular weight is 262 g/mol. The second-order valence-electron chi connectivity index (χ2n) is 4.91. The van der Waals surface area contributed by atoms with Gasteiger partial charge in [0.15, 0.2) is 6.61 Å². The average Bonchev–Trinajstić information content (AvgIpc) is 2.61. The number of esters is 1. The van der Waals surface area contributed by atoms with Gasteiger partial charge in [0.25, 0.3) is 0 Å². The molecule has 0 radical (unpaired) electrons. The summed E-state index contributed by atoms with van der Waals surface area (Å²) < 4.78 is 46.0. The zero-order valence-corrected chi connectivity index (χ0v) is 10.0. The Labute approximate surface area is 102 Å². The van der Waals surface area contributed by atoms with Crippen LogP contribution in [0.1, 0.15) is 13.8 Å². The molecule has 1 saturated heterocycles. The molecule has 100 valence electrons. The molecule has 0 amide bonds. The van der Waals surface area contributed by atoms with Crippen LogP contribution in [0.4, 0.5) is 13.2 Å². The van der Waals surface area contributed by atoms with Gasteiger partial charge in [-0.3, -0.25) is 4.79 Å². The Hall–Kier alpha value is -1.30. The first kappa shape index (κ1) is 13.1. The molecule has 1 fully saturated rings. The van der Waals surface area contributed by atoms with E-state index < -0.39 is 35.9 Å². The highest BCUT2D eigenvalue weighted by Crippen LogP contribution is 2.52. The monoisotopic (exact) mass is 262 g/mol. The molecule has 0 saturated carbocycles. The first-order valence-electron chi connectivity index (χ1n) is 5.41. The van der Waals surface area contributed by atoms with Crippen LogP contribution in [0, 0.1) is 5.92 Å². The number of hydrogen-bond acceptors (Lipinski definition) is 3. The van der Waals surface area contributed by atoms with Crippen molar-refractivity contribution in [3.63, 3.8) is 0 Å². The zero-order chi connectivity index (χ0) is 13.8. The van der Waals surface area contributed by atoms with E-state index in [0.29, 0.717) is 5.57 Å². The summed E-state index contributed by atoms with van der Waals surface area (Å²) in [5.41, 5.74) is -1.33. The third-order valence-electron chi connectivity index (χ3n) is 3.34. The first-order valence-corrected chi connectivity index (χ1v) is 5.41. The number of carbonyl (C=O) groups excluding carboxylic acids is 1. The van der Waals surface area contributed by atoms with Gasteiger partial charge in [-0.05, 0) is 19.4 Å². The fourth-order valence-corrected chi connectivity index (χ4v) is 2.42. The van der Waals surface area contributed by atoms with Gasteiger partial charge in [0.05, 0.1) is 0 Å². The molecule has 0 N–H and O–H groups in total. The Morgan fingerprint density at radius 1 is 1.50 bits per heavy atom. The van der Waals surface area contributed by atoms with E-state index in [4.69, 9.17) is 4.74 Å². The van der Waals surface area contributed by atoms with Crippen molar-refractivity contribution >= 4 is 5.97 Å². The van der Waals surface area contributed by atoms with Gasteiger partial charge in [0.2, 0.25) is 0 Å². The summed E-state index contributed by atoms with van der Waals surface area (Å²) in [7, 11) is 0. The highest BCUT2D eigenvalue weighted by atomic mass is 19.4. The van der Waals surface area contributed by atoms with Gasteiger partial charge >= 0.3 is 12.1 Å². The van der Waals surface area contributed by atoms with Crippen LogP contribution < -0.4 is 0 Å². The van der Waals surface area contributed by atoms with Gasteiger partial charge in [0, 0.05) is 0 Å². The summed E-state index contributed by atoms with van der Waals surface area (Å²) in [4.78, 5) is 11.7. The third-order valence-corrected chi connectivity index (χ3v) is 3.34. The Bertz CT molecular complexity index is 440. The van der Waals surface area contributed by atoms with E-state index in [9.17, 15) is 18.0 Å². The Morgan fingerprint density at radius 2 is 2.11 bits per heavy atom. The fraction of sp³-hybridized carbons (Fsp3) is 0.583. The quantitative estimate of drug-likeness (QED) is 0.566. The number of rotatable bonds is 2. The Kier molecular flexibility index (Phi) is 2.63. The van der Waals surface area contributed by atoms with Crippen LogP contribution in [0.2, 0.25) is 0 Å². The number of alkyl halides is 3. The molecule has 3 atom stereocenters.